The van der Waals surface area contributed by atoms with Gasteiger partial charge in [0.05, 0.1) is 12.1 Å². The van der Waals surface area contributed by atoms with E-state index in [0.717, 1.165) is 5.69 Å². The fourth-order valence-electron chi connectivity index (χ4n) is 2.45. The standard InChI is InChI=1S/C15H21N3O4/c1-10-4-3-5-12(16-10)15(21)17-11-6-7-18(8-13(11)19)14(20)9-22-2/h3-5,11,13,19H,6-9H2,1-2H3,(H,17,21)/t11-,13-/m1/s1. The molecule has 2 N–H and O–H groups in total. The lowest BCUT2D eigenvalue weighted by molar-refractivity contribution is -0.138. The number of hydrogen-bond acceptors (Lipinski definition) is 5. The van der Waals surface area contributed by atoms with Crippen LogP contribution in [0.25, 0.3) is 0 Å². The van der Waals surface area contributed by atoms with Gasteiger partial charge in [0.15, 0.2) is 0 Å². The van der Waals surface area contributed by atoms with Crippen molar-refractivity contribution >= 4 is 11.8 Å². The molecule has 0 aliphatic carbocycles. The molecule has 22 heavy (non-hydrogen) atoms. The van der Waals surface area contributed by atoms with Crippen molar-refractivity contribution in [2.75, 3.05) is 26.8 Å². The predicted octanol–water partition coefficient (Wildman–Crippen LogP) is -0.272. The number of amides is 2. The van der Waals surface area contributed by atoms with Gasteiger partial charge in [0.1, 0.15) is 12.3 Å². The van der Waals surface area contributed by atoms with E-state index in [-0.39, 0.29) is 31.0 Å². The summed E-state index contributed by atoms with van der Waals surface area (Å²) in [4.78, 5) is 29.6. The minimum Gasteiger partial charge on any atom is -0.389 e. The smallest absolute Gasteiger partial charge is 0.270 e. The number of nitrogens with zero attached hydrogens (tertiary/aromatic N) is 2. The van der Waals surface area contributed by atoms with Gasteiger partial charge in [-0.05, 0) is 25.5 Å². The van der Waals surface area contributed by atoms with Crippen LogP contribution in [0, 0.1) is 6.92 Å². The summed E-state index contributed by atoms with van der Waals surface area (Å²) in [5.41, 5.74) is 1.08. The van der Waals surface area contributed by atoms with Gasteiger partial charge in [-0.1, -0.05) is 6.07 Å². The molecule has 0 radical (unpaired) electrons. The molecule has 1 aliphatic rings. The maximum Gasteiger partial charge on any atom is 0.270 e. The lowest BCUT2D eigenvalue weighted by Crippen LogP contribution is -2.55. The molecule has 0 aromatic carbocycles. The molecule has 0 unspecified atom stereocenters. The van der Waals surface area contributed by atoms with Crippen LogP contribution in [0.1, 0.15) is 22.6 Å². The second-order valence-corrected chi connectivity index (χ2v) is 5.37. The molecule has 0 bridgehead atoms. The van der Waals surface area contributed by atoms with Gasteiger partial charge in [-0.2, -0.15) is 0 Å². The van der Waals surface area contributed by atoms with E-state index < -0.39 is 6.10 Å². The van der Waals surface area contributed by atoms with Gasteiger partial charge in [0.25, 0.3) is 5.91 Å². The van der Waals surface area contributed by atoms with E-state index in [2.05, 4.69) is 10.3 Å². The summed E-state index contributed by atoms with van der Waals surface area (Å²) < 4.78 is 4.80. The van der Waals surface area contributed by atoms with Crippen LogP contribution < -0.4 is 5.32 Å². The zero-order valence-corrected chi connectivity index (χ0v) is 12.8. The monoisotopic (exact) mass is 307 g/mol. The molecular weight excluding hydrogens is 286 g/mol. The second-order valence-electron chi connectivity index (χ2n) is 5.37. The van der Waals surface area contributed by atoms with E-state index in [4.69, 9.17) is 4.74 Å². The number of β-amino-alcohol motifs (C(OH)–C–C–N with tert-alkyl or cyclic N) is 1. The predicted molar refractivity (Wildman–Crippen MR) is 79.3 cm³/mol. The van der Waals surface area contributed by atoms with Crippen LogP contribution in [0.15, 0.2) is 18.2 Å². The first-order chi connectivity index (χ1) is 10.5. The molecule has 2 heterocycles. The first-order valence-corrected chi connectivity index (χ1v) is 7.20. The molecule has 0 saturated carbocycles. The number of ether oxygens (including phenoxy) is 1. The molecule has 1 aliphatic heterocycles. The maximum absolute atomic E-state index is 12.1. The Balaban J connectivity index is 1.92. The van der Waals surface area contributed by atoms with Crippen molar-refractivity contribution in [2.45, 2.75) is 25.5 Å². The van der Waals surface area contributed by atoms with E-state index in [9.17, 15) is 14.7 Å². The number of carbonyl (C=O) groups is 2. The SMILES string of the molecule is COCC(=O)N1CC[C@@H](NC(=O)c2cccc(C)n2)[C@H](O)C1. The lowest BCUT2D eigenvalue weighted by Gasteiger charge is -2.36. The average Bonchev–Trinajstić information content (AvgIpc) is 2.49. The molecular formula is C15H21N3O4. The first kappa shape index (κ1) is 16.4. The Labute approximate surface area is 129 Å². The van der Waals surface area contributed by atoms with Crippen molar-refractivity contribution in [3.05, 3.63) is 29.6 Å². The van der Waals surface area contributed by atoms with Gasteiger partial charge < -0.3 is 20.1 Å². The van der Waals surface area contributed by atoms with Crippen LogP contribution in [0.3, 0.4) is 0 Å². The number of aliphatic hydroxyl groups excluding tert-OH is 1. The maximum atomic E-state index is 12.1. The van der Waals surface area contributed by atoms with Crippen molar-refractivity contribution in [1.29, 1.82) is 0 Å². The number of pyridine rings is 1. The van der Waals surface area contributed by atoms with Gasteiger partial charge in [0, 0.05) is 25.9 Å². The van der Waals surface area contributed by atoms with Crippen molar-refractivity contribution < 1.29 is 19.4 Å². The topological polar surface area (TPSA) is 91.8 Å². The van der Waals surface area contributed by atoms with E-state index in [1.54, 1.807) is 17.0 Å². The zero-order chi connectivity index (χ0) is 16.1. The number of likely N-dealkylation sites (tertiary alicyclic amines) is 1. The van der Waals surface area contributed by atoms with Crippen LogP contribution >= 0.6 is 0 Å². The third-order valence-corrected chi connectivity index (χ3v) is 3.64. The summed E-state index contributed by atoms with van der Waals surface area (Å²) in [6.45, 7) is 2.47. The number of aromatic nitrogens is 1. The Hall–Kier alpha value is -1.99. The molecule has 1 saturated heterocycles. The first-order valence-electron chi connectivity index (χ1n) is 7.20. The zero-order valence-electron chi connectivity index (χ0n) is 12.8. The van der Waals surface area contributed by atoms with Gasteiger partial charge in [-0.3, -0.25) is 9.59 Å². The summed E-state index contributed by atoms with van der Waals surface area (Å²) in [5, 5.41) is 12.9. The summed E-state index contributed by atoms with van der Waals surface area (Å²) in [5.74, 6) is -0.476. The highest BCUT2D eigenvalue weighted by Crippen LogP contribution is 2.12. The van der Waals surface area contributed by atoms with E-state index in [0.29, 0.717) is 18.7 Å². The number of methoxy groups -OCH3 is 1. The van der Waals surface area contributed by atoms with Crippen molar-refractivity contribution in [3.63, 3.8) is 0 Å². The number of aryl methyl sites for hydroxylation is 1. The third-order valence-electron chi connectivity index (χ3n) is 3.64. The molecule has 1 fully saturated rings. The largest absolute Gasteiger partial charge is 0.389 e. The van der Waals surface area contributed by atoms with Gasteiger partial charge in [-0.25, -0.2) is 4.98 Å². The molecule has 2 atom stereocenters. The fourth-order valence-corrected chi connectivity index (χ4v) is 2.45. The van der Waals surface area contributed by atoms with Crippen LogP contribution in [0.5, 0.6) is 0 Å². The van der Waals surface area contributed by atoms with Crippen molar-refractivity contribution in [3.8, 4) is 0 Å². The van der Waals surface area contributed by atoms with E-state index in [1.807, 2.05) is 13.0 Å². The van der Waals surface area contributed by atoms with E-state index in [1.165, 1.54) is 7.11 Å². The number of carbonyl (C=O) groups excluding carboxylic acids is 2. The fraction of sp³-hybridized carbons (Fsp3) is 0.533. The molecule has 7 nitrogen and oxygen atoms in total. The summed E-state index contributed by atoms with van der Waals surface area (Å²) in [7, 11) is 1.45. The average molecular weight is 307 g/mol. The van der Waals surface area contributed by atoms with Gasteiger partial charge in [0.2, 0.25) is 5.91 Å². The summed E-state index contributed by atoms with van der Waals surface area (Å²) in [6.07, 6.45) is -0.308. The second kappa shape index (κ2) is 7.33. The molecule has 120 valence electrons. The Morgan fingerprint density at radius 3 is 2.91 bits per heavy atom. The normalized spacial score (nSPS) is 21.5. The lowest BCUT2D eigenvalue weighted by atomic mass is 10.0. The third kappa shape index (κ3) is 4.02. The molecule has 7 heteroatoms. The Kier molecular flexibility index (Phi) is 5.46. The minimum absolute atomic E-state index is 0.00302. The number of aliphatic hydroxyl groups is 1. The highest BCUT2D eigenvalue weighted by Gasteiger charge is 2.31. The van der Waals surface area contributed by atoms with E-state index >= 15 is 0 Å². The van der Waals surface area contributed by atoms with Gasteiger partial charge in [-0.15, -0.1) is 0 Å². The van der Waals surface area contributed by atoms with Crippen molar-refractivity contribution in [1.82, 2.24) is 15.2 Å². The molecule has 1 aromatic rings. The Morgan fingerprint density at radius 2 is 2.27 bits per heavy atom. The quantitative estimate of drug-likeness (QED) is 0.799. The number of piperidine rings is 1. The summed E-state index contributed by atoms with van der Waals surface area (Å²) >= 11 is 0. The highest BCUT2D eigenvalue weighted by molar-refractivity contribution is 5.92. The number of rotatable bonds is 4. The molecule has 1 aromatic heterocycles. The van der Waals surface area contributed by atoms with Crippen LogP contribution in [-0.2, 0) is 9.53 Å². The van der Waals surface area contributed by atoms with Crippen LogP contribution in [-0.4, -0.2) is 65.8 Å². The minimum atomic E-state index is -0.802. The highest BCUT2D eigenvalue weighted by atomic mass is 16.5. The van der Waals surface area contributed by atoms with Gasteiger partial charge >= 0.3 is 0 Å². The molecule has 0 spiro atoms. The van der Waals surface area contributed by atoms with Crippen LogP contribution in [0.2, 0.25) is 0 Å². The summed E-state index contributed by atoms with van der Waals surface area (Å²) in [6, 6.07) is 4.82. The van der Waals surface area contributed by atoms with Crippen LogP contribution in [0.4, 0.5) is 0 Å². The molecule has 2 amide bonds. The Bertz CT molecular complexity index is 549. The number of nitrogens with one attached hydrogen (secondary N) is 1. The molecule has 2 rings (SSSR count). The number of hydrogen-bond donors (Lipinski definition) is 2. The Morgan fingerprint density at radius 1 is 1.50 bits per heavy atom. The van der Waals surface area contributed by atoms with Crippen molar-refractivity contribution in [2.24, 2.45) is 0 Å².